The Labute approximate surface area is 75.2 Å². The zero-order valence-electron chi connectivity index (χ0n) is 8.08. The molecule has 0 aliphatic heterocycles. The fourth-order valence-electron chi connectivity index (χ4n) is 1.99. The summed E-state index contributed by atoms with van der Waals surface area (Å²) in [5.74, 6) is 0.888. The van der Waals surface area contributed by atoms with Gasteiger partial charge in [0.1, 0.15) is 0 Å². The highest BCUT2D eigenvalue weighted by Gasteiger charge is 2.23. The second-order valence-electron chi connectivity index (χ2n) is 3.96. The molecule has 0 N–H and O–H groups in total. The van der Waals surface area contributed by atoms with E-state index in [0.717, 1.165) is 18.5 Å². The zero-order valence-corrected chi connectivity index (χ0v) is 8.08. The van der Waals surface area contributed by atoms with E-state index in [0.29, 0.717) is 6.42 Å². The Hall–Kier alpha value is -0.550. The highest BCUT2D eigenvalue weighted by molar-refractivity contribution is 4.81. The second-order valence-corrected chi connectivity index (χ2v) is 3.96. The van der Waals surface area contributed by atoms with E-state index in [1.165, 1.54) is 19.3 Å². The summed E-state index contributed by atoms with van der Waals surface area (Å²) in [6, 6.07) is 2.94. The molecule has 0 spiro atoms. The van der Waals surface area contributed by atoms with Crippen molar-refractivity contribution in [3.05, 3.63) is 0 Å². The van der Waals surface area contributed by atoms with Crippen LogP contribution in [-0.4, -0.2) is 24.5 Å². The summed E-state index contributed by atoms with van der Waals surface area (Å²) >= 11 is 0. The fourth-order valence-corrected chi connectivity index (χ4v) is 1.99. The van der Waals surface area contributed by atoms with E-state index in [9.17, 15) is 0 Å². The maximum Gasteiger partial charge on any atom is 0.0635 e. The zero-order chi connectivity index (χ0) is 8.97. The first-order valence-electron chi connectivity index (χ1n) is 4.81. The predicted molar refractivity (Wildman–Crippen MR) is 49.7 cm³/mol. The van der Waals surface area contributed by atoms with Crippen LogP contribution < -0.4 is 0 Å². The predicted octanol–water partition coefficient (Wildman–Crippen LogP) is 2.02. The molecule has 0 radical (unpaired) electrons. The highest BCUT2D eigenvalue weighted by atomic mass is 15.1. The van der Waals surface area contributed by atoms with Crippen molar-refractivity contribution in [1.82, 2.24) is 4.90 Å². The molecule has 2 nitrogen and oxygen atoms in total. The lowest BCUT2D eigenvalue weighted by molar-refractivity contribution is 0.246. The van der Waals surface area contributed by atoms with Crippen LogP contribution in [0.4, 0.5) is 0 Å². The normalized spacial score (nSPS) is 29.2. The van der Waals surface area contributed by atoms with Crippen molar-refractivity contribution < 1.29 is 0 Å². The van der Waals surface area contributed by atoms with Crippen LogP contribution >= 0.6 is 0 Å². The maximum absolute atomic E-state index is 8.43. The lowest BCUT2D eigenvalue weighted by Crippen LogP contribution is -2.30. The van der Waals surface area contributed by atoms with Crippen LogP contribution in [0.5, 0.6) is 0 Å². The van der Waals surface area contributed by atoms with E-state index in [-0.39, 0.29) is 0 Å². The molecule has 0 bridgehead atoms. The molecular formula is C10H18N2. The first-order valence-corrected chi connectivity index (χ1v) is 4.81. The Morgan fingerprint density at radius 1 is 1.50 bits per heavy atom. The molecule has 1 fully saturated rings. The van der Waals surface area contributed by atoms with E-state index in [2.05, 4.69) is 24.9 Å². The number of hydrogen-bond donors (Lipinski definition) is 0. The van der Waals surface area contributed by atoms with Crippen molar-refractivity contribution in [3.8, 4) is 6.07 Å². The van der Waals surface area contributed by atoms with Gasteiger partial charge in [0.2, 0.25) is 0 Å². The van der Waals surface area contributed by atoms with Crippen LogP contribution in [0.2, 0.25) is 0 Å². The van der Waals surface area contributed by atoms with Crippen LogP contribution in [0.25, 0.3) is 0 Å². The molecule has 1 rings (SSSR count). The Morgan fingerprint density at radius 3 is 2.75 bits per heavy atom. The molecule has 2 unspecified atom stereocenters. The average molecular weight is 166 g/mol. The van der Waals surface area contributed by atoms with Crippen molar-refractivity contribution in [2.75, 3.05) is 13.6 Å². The molecule has 0 aromatic heterocycles. The molecule has 12 heavy (non-hydrogen) atoms. The molecule has 68 valence electrons. The number of hydrogen-bond acceptors (Lipinski definition) is 2. The van der Waals surface area contributed by atoms with Crippen LogP contribution in [0.3, 0.4) is 0 Å². The molecule has 0 heterocycles. The van der Waals surface area contributed by atoms with Crippen LogP contribution in [-0.2, 0) is 0 Å². The number of rotatable bonds is 3. The topological polar surface area (TPSA) is 27.0 Å². The minimum absolute atomic E-state index is 0.668. The monoisotopic (exact) mass is 166 g/mol. The summed E-state index contributed by atoms with van der Waals surface area (Å²) in [6.07, 6.45) is 4.67. The van der Waals surface area contributed by atoms with Crippen molar-refractivity contribution in [2.24, 2.45) is 5.92 Å². The third-order valence-electron chi connectivity index (χ3n) is 2.87. The highest BCUT2D eigenvalue weighted by Crippen LogP contribution is 2.27. The standard InChI is InChI=1S/C10H18N2/c1-9-4-5-10(8-9)12(2)7-3-6-11/h9-10H,3-5,7-8H2,1-2H3. The van der Waals surface area contributed by atoms with Gasteiger partial charge in [-0.25, -0.2) is 0 Å². The van der Waals surface area contributed by atoms with Crippen LogP contribution in [0.1, 0.15) is 32.6 Å². The molecule has 0 aromatic rings. The van der Waals surface area contributed by atoms with Crippen molar-refractivity contribution >= 4 is 0 Å². The summed E-state index contributed by atoms with van der Waals surface area (Å²) in [5, 5.41) is 8.43. The average Bonchev–Trinajstić information content (AvgIpc) is 2.47. The summed E-state index contributed by atoms with van der Waals surface area (Å²) in [7, 11) is 2.14. The lowest BCUT2D eigenvalue weighted by atomic mass is 10.1. The van der Waals surface area contributed by atoms with Gasteiger partial charge in [-0.2, -0.15) is 5.26 Å². The summed E-state index contributed by atoms with van der Waals surface area (Å²) in [4.78, 5) is 2.34. The van der Waals surface area contributed by atoms with Crippen molar-refractivity contribution in [1.29, 1.82) is 5.26 Å². The van der Waals surface area contributed by atoms with Gasteiger partial charge in [0.05, 0.1) is 6.07 Å². The SMILES string of the molecule is CC1CCC(N(C)CCC#N)C1. The molecular weight excluding hydrogens is 148 g/mol. The molecule has 0 saturated heterocycles. The second kappa shape index (κ2) is 4.47. The summed E-state index contributed by atoms with van der Waals surface area (Å²) in [6.45, 7) is 3.26. The van der Waals surface area contributed by atoms with Crippen LogP contribution in [0, 0.1) is 17.2 Å². The quantitative estimate of drug-likeness (QED) is 0.641. The minimum atomic E-state index is 0.668. The first kappa shape index (κ1) is 9.54. The Morgan fingerprint density at radius 2 is 2.25 bits per heavy atom. The molecule has 0 aromatic carbocycles. The Balaban J connectivity index is 2.24. The van der Waals surface area contributed by atoms with E-state index in [1.54, 1.807) is 0 Å². The van der Waals surface area contributed by atoms with Gasteiger partial charge in [0.15, 0.2) is 0 Å². The van der Waals surface area contributed by atoms with Crippen molar-refractivity contribution in [2.45, 2.75) is 38.6 Å². The van der Waals surface area contributed by atoms with E-state index < -0.39 is 0 Å². The van der Waals surface area contributed by atoms with Gasteiger partial charge in [0, 0.05) is 19.0 Å². The molecule has 1 saturated carbocycles. The largest absolute Gasteiger partial charge is 0.302 e. The van der Waals surface area contributed by atoms with E-state index in [4.69, 9.17) is 5.26 Å². The molecule has 2 heteroatoms. The van der Waals surface area contributed by atoms with Crippen LogP contribution in [0.15, 0.2) is 0 Å². The van der Waals surface area contributed by atoms with Crippen molar-refractivity contribution in [3.63, 3.8) is 0 Å². The van der Waals surface area contributed by atoms with Gasteiger partial charge in [0.25, 0.3) is 0 Å². The lowest BCUT2D eigenvalue weighted by Gasteiger charge is -2.22. The van der Waals surface area contributed by atoms with E-state index >= 15 is 0 Å². The minimum Gasteiger partial charge on any atom is -0.302 e. The van der Waals surface area contributed by atoms with Gasteiger partial charge in [-0.1, -0.05) is 6.92 Å². The molecule has 0 amide bonds. The molecule has 2 atom stereocenters. The number of nitriles is 1. The van der Waals surface area contributed by atoms with Gasteiger partial charge >= 0.3 is 0 Å². The van der Waals surface area contributed by atoms with Gasteiger partial charge in [-0.3, -0.25) is 0 Å². The van der Waals surface area contributed by atoms with Gasteiger partial charge in [-0.05, 0) is 32.2 Å². The first-order chi connectivity index (χ1) is 5.74. The summed E-state index contributed by atoms with van der Waals surface area (Å²) < 4.78 is 0. The smallest absolute Gasteiger partial charge is 0.0635 e. The number of nitrogens with zero attached hydrogens (tertiary/aromatic N) is 2. The molecule has 1 aliphatic carbocycles. The fraction of sp³-hybridized carbons (Fsp3) is 0.900. The van der Waals surface area contributed by atoms with Gasteiger partial charge < -0.3 is 4.90 Å². The molecule has 1 aliphatic rings. The maximum atomic E-state index is 8.43. The third kappa shape index (κ3) is 2.49. The Kier molecular flexibility index (Phi) is 3.55. The Bertz CT molecular complexity index is 171. The third-order valence-corrected chi connectivity index (χ3v) is 2.87. The summed E-state index contributed by atoms with van der Waals surface area (Å²) in [5.41, 5.74) is 0. The van der Waals surface area contributed by atoms with E-state index in [1.807, 2.05) is 0 Å². The van der Waals surface area contributed by atoms with Gasteiger partial charge in [-0.15, -0.1) is 0 Å².